The SMILES string of the molecule is O=C1CC(c2ccccc2)C(=O)N1c1ccc(O)c(Cl)c1. The van der Waals surface area contributed by atoms with Crippen molar-refractivity contribution in [2.45, 2.75) is 12.3 Å². The van der Waals surface area contributed by atoms with Gasteiger partial charge >= 0.3 is 0 Å². The number of carbonyl (C=O) groups excluding carboxylic acids is 2. The molecule has 0 aromatic heterocycles. The molecular weight excluding hydrogens is 290 g/mol. The van der Waals surface area contributed by atoms with E-state index < -0.39 is 5.92 Å². The highest BCUT2D eigenvalue weighted by Crippen LogP contribution is 2.35. The van der Waals surface area contributed by atoms with Crippen LogP contribution in [0.15, 0.2) is 48.5 Å². The van der Waals surface area contributed by atoms with Crippen LogP contribution in [0.25, 0.3) is 0 Å². The molecule has 0 bridgehead atoms. The number of halogens is 1. The van der Waals surface area contributed by atoms with Crippen molar-refractivity contribution >= 4 is 29.1 Å². The summed E-state index contributed by atoms with van der Waals surface area (Å²) in [6.45, 7) is 0. The second-order valence-corrected chi connectivity index (χ2v) is 5.28. The fourth-order valence-corrected chi connectivity index (χ4v) is 2.66. The predicted octanol–water partition coefficient (Wildman–Crippen LogP) is 3.09. The van der Waals surface area contributed by atoms with Crippen molar-refractivity contribution in [3.63, 3.8) is 0 Å². The van der Waals surface area contributed by atoms with Gasteiger partial charge < -0.3 is 5.11 Å². The van der Waals surface area contributed by atoms with Gasteiger partial charge in [0.2, 0.25) is 11.8 Å². The summed E-state index contributed by atoms with van der Waals surface area (Å²) >= 11 is 5.84. The number of hydrogen-bond donors (Lipinski definition) is 1. The normalized spacial score (nSPS) is 18.3. The maximum atomic E-state index is 12.5. The van der Waals surface area contributed by atoms with E-state index in [0.717, 1.165) is 10.5 Å². The number of hydrogen-bond acceptors (Lipinski definition) is 3. The molecular formula is C16H12ClNO3. The zero-order valence-corrected chi connectivity index (χ0v) is 11.7. The van der Waals surface area contributed by atoms with E-state index in [1.54, 1.807) is 0 Å². The lowest BCUT2D eigenvalue weighted by atomic mass is 9.98. The minimum Gasteiger partial charge on any atom is -0.506 e. The third-order valence-electron chi connectivity index (χ3n) is 3.54. The topological polar surface area (TPSA) is 57.6 Å². The molecule has 5 heteroatoms. The Balaban J connectivity index is 1.96. The van der Waals surface area contributed by atoms with E-state index in [1.165, 1.54) is 18.2 Å². The lowest BCUT2D eigenvalue weighted by Gasteiger charge is -2.15. The maximum absolute atomic E-state index is 12.5. The summed E-state index contributed by atoms with van der Waals surface area (Å²) in [5.74, 6) is -1.09. The summed E-state index contributed by atoms with van der Waals surface area (Å²) in [7, 11) is 0. The van der Waals surface area contributed by atoms with Gasteiger partial charge in [-0.1, -0.05) is 41.9 Å². The van der Waals surface area contributed by atoms with Crippen molar-refractivity contribution in [2.75, 3.05) is 4.90 Å². The molecule has 3 rings (SSSR count). The monoisotopic (exact) mass is 301 g/mol. The lowest BCUT2D eigenvalue weighted by molar-refractivity contribution is -0.121. The van der Waals surface area contributed by atoms with Gasteiger partial charge in [0.05, 0.1) is 16.6 Å². The number of carbonyl (C=O) groups is 2. The van der Waals surface area contributed by atoms with Crippen LogP contribution >= 0.6 is 11.6 Å². The number of rotatable bonds is 2. The summed E-state index contributed by atoms with van der Waals surface area (Å²) in [5.41, 5.74) is 1.20. The molecule has 0 radical (unpaired) electrons. The number of phenolic OH excluding ortho intramolecular Hbond substituents is 1. The molecule has 1 fully saturated rings. The van der Waals surface area contributed by atoms with Crippen LogP contribution in [0.2, 0.25) is 5.02 Å². The van der Waals surface area contributed by atoms with Crippen molar-refractivity contribution in [1.29, 1.82) is 0 Å². The van der Waals surface area contributed by atoms with E-state index in [1.807, 2.05) is 30.3 Å². The predicted molar refractivity (Wildman–Crippen MR) is 79.4 cm³/mol. The van der Waals surface area contributed by atoms with Crippen molar-refractivity contribution in [3.8, 4) is 5.75 Å². The number of benzene rings is 2. The molecule has 1 N–H and O–H groups in total. The first kappa shape index (κ1) is 13.6. The van der Waals surface area contributed by atoms with E-state index in [-0.39, 0.29) is 29.0 Å². The first-order chi connectivity index (χ1) is 10.1. The second kappa shape index (κ2) is 5.22. The molecule has 106 valence electrons. The minimum absolute atomic E-state index is 0.0841. The standard InChI is InChI=1S/C16H12ClNO3/c17-13-8-11(6-7-14(13)19)18-15(20)9-12(16(18)21)10-4-2-1-3-5-10/h1-8,12,19H,9H2. The molecule has 2 amide bonds. The van der Waals surface area contributed by atoms with Gasteiger partial charge in [0.1, 0.15) is 5.75 Å². The molecule has 4 nitrogen and oxygen atoms in total. The highest BCUT2D eigenvalue weighted by Gasteiger charge is 2.40. The molecule has 1 aliphatic heterocycles. The van der Waals surface area contributed by atoms with Crippen LogP contribution in [0.3, 0.4) is 0 Å². The maximum Gasteiger partial charge on any atom is 0.241 e. The molecule has 21 heavy (non-hydrogen) atoms. The Morgan fingerprint density at radius 3 is 2.48 bits per heavy atom. The minimum atomic E-state index is -0.466. The van der Waals surface area contributed by atoms with Crippen molar-refractivity contribution < 1.29 is 14.7 Å². The molecule has 1 heterocycles. The van der Waals surface area contributed by atoms with Gasteiger partial charge in [-0.25, -0.2) is 4.90 Å². The van der Waals surface area contributed by atoms with Crippen molar-refractivity contribution in [3.05, 3.63) is 59.1 Å². The van der Waals surface area contributed by atoms with E-state index >= 15 is 0 Å². The molecule has 0 saturated carbocycles. The summed E-state index contributed by atoms with van der Waals surface area (Å²) in [6.07, 6.45) is 0.140. The van der Waals surface area contributed by atoms with Crippen molar-refractivity contribution in [1.82, 2.24) is 0 Å². The van der Waals surface area contributed by atoms with E-state index in [2.05, 4.69) is 0 Å². The van der Waals surface area contributed by atoms with Crippen molar-refractivity contribution in [2.24, 2.45) is 0 Å². The van der Waals surface area contributed by atoms with Gasteiger partial charge in [0.15, 0.2) is 0 Å². The molecule has 0 aliphatic carbocycles. The largest absolute Gasteiger partial charge is 0.506 e. The fourth-order valence-electron chi connectivity index (χ4n) is 2.48. The average molecular weight is 302 g/mol. The van der Waals surface area contributed by atoms with Crippen LogP contribution in [-0.4, -0.2) is 16.9 Å². The number of phenols is 1. The number of anilines is 1. The van der Waals surface area contributed by atoms with Crippen LogP contribution in [0.4, 0.5) is 5.69 Å². The zero-order chi connectivity index (χ0) is 15.0. The first-order valence-corrected chi connectivity index (χ1v) is 6.86. The number of nitrogens with zero attached hydrogens (tertiary/aromatic N) is 1. The van der Waals surface area contributed by atoms with E-state index in [0.29, 0.717) is 5.69 Å². The van der Waals surface area contributed by atoms with Gasteiger partial charge in [-0.15, -0.1) is 0 Å². The second-order valence-electron chi connectivity index (χ2n) is 4.87. The molecule has 2 aromatic carbocycles. The average Bonchev–Trinajstić information content (AvgIpc) is 2.78. The summed E-state index contributed by atoms with van der Waals surface area (Å²) in [5, 5.41) is 9.54. The van der Waals surface area contributed by atoms with E-state index in [9.17, 15) is 14.7 Å². The Labute approximate surface area is 126 Å². The molecule has 0 spiro atoms. The van der Waals surface area contributed by atoms with Gasteiger partial charge in [0.25, 0.3) is 0 Å². The molecule has 2 aromatic rings. The third-order valence-corrected chi connectivity index (χ3v) is 3.84. The number of amides is 2. The van der Waals surface area contributed by atoms with Gasteiger partial charge in [-0.2, -0.15) is 0 Å². The first-order valence-electron chi connectivity index (χ1n) is 6.48. The Kier molecular flexibility index (Phi) is 3.39. The lowest BCUT2D eigenvalue weighted by Crippen LogP contribution is -2.29. The Hall–Kier alpha value is -2.33. The molecule has 1 saturated heterocycles. The molecule has 1 atom stereocenters. The van der Waals surface area contributed by atoms with Gasteiger partial charge in [-0.3, -0.25) is 9.59 Å². The summed E-state index contributed by atoms with van der Waals surface area (Å²) in [6, 6.07) is 13.5. The summed E-state index contributed by atoms with van der Waals surface area (Å²) < 4.78 is 0. The van der Waals surface area contributed by atoms with E-state index in [4.69, 9.17) is 11.6 Å². The third kappa shape index (κ3) is 2.38. The van der Waals surface area contributed by atoms with Crippen LogP contribution in [0.1, 0.15) is 17.9 Å². The zero-order valence-electron chi connectivity index (χ0n) is 11.0. The van der Waals surface area contributed by atoms with Crippen LogP contribution in [-0.2, 0) is 9.59 Å². The van der Waals surface area contributed by atoms with Gasteiger partial charge in [-0.05, 0) is 23.8 Å². The van der Waals surface area contributed by atoms with Crippen LogP contribution < -0.4 is 4.90 Å². The fraction of sp³-hybridized carbons (Fsp3) is 0.125. The smallest absolute Gasteiger partial charge is 0.241 e. The quantitative estimate of drug-likeness (QED) is 0.867. The highest BCUT2D eigenvalue weighted by molar-refractivity contribution is 6.32. The molecule has 1 aliphatic rings. The highest BCUT2D eigenvalue weighted by atomic mass is 35.5. The summed E-state index contributed by atoms with van der Waals surface area (Å²) in [4.78, 5) is 25.8. The number of imide groups is 1. The Morgan fingerprint density at radius 1 is 1.10 bits per heavy atom. The Bertz CT molecular complexity index is 715. The Morgan fingerprint density at radius 2 is 1.81 bits per heavy atom. The van der Waals surface area contributed by atoms with Crippen LogP contribution in [0, 0.1) is 0 Å². The number of aromatic hydroxyl groups is 1. The molecule has 1 unspecified atom stereocenters. The van der Waals surface area contributed by atoms with Gasteiger partial charge in [0, 0.05) is 6.42 Å². The van der Waals surface area contributed by atoms with Crippen LogP contribution in [0.5, 0.6) is 5.75 Å².